The third-order valence-electron chi connectivity index (χ3n) is 4.26. The number of halogens is 1. The summed E-state index contributed by atoms with van der Waals surface area (Å²) in [5.74, 6) is -0.276. The number of nitrogens with zero attached hydrogens (tertiary/aromatic N) is 3. The van der Waals surface area contributed by atoms with Crippen molar-refractivity contribution in [3.63, 3.8) is 0 Å². The first-order valence-electron chi connectivity index (χ1n) is 8.96. The van der Waals surface area contributed by atoms with Crippen LogP contribution in [0.5, 0.6) is 0 Å². The van der Waals surface area contributed by atoms with Crippen molar-refractivity contribution in [3.8, 4) is 11.3 Å². The fourth-order valence-electron chi connectivity index (χ4n) is 2.81. The van der Waals surface area contributed by atoms with E-state index in [0.717, 1.165) is 5.56 Å². The predicted molar refractivity (Wildman–Crippen MR) is 110 cm³/mol. The zero-order valence-electron chi connectivity index (χ0n) is 15.8. The summed E-state index contributed by atoms with van der Waals surface area (Å²) in [7, 11) is 1.66. The van der Waals surface area contributed by atoms with Gasteiger partial charge in [0.2, 0.25) is 0 Å². The lowest BCUT2D eigenvalue weighted by molar-refractivity contribution is 0.0943. The van der Waals surface area contributed by atoms with Gasteiger partial charge in [0.05, 0.1) is 24.2 Å². The van der Waals surface area contributed by atoms with Gasteiger partial charge < -0.3 is 15.1 Å². The second kappa shape index (κ2) is 8.26. The minimum absolute atomic E-state index is 0.0925. The van der Waals surface area contributed by atoms with E-state index < -0.39 is 11.8 Å². The van der Waals surface area contributed by atoms with Crippen LogP contribution < -0.4 is 10.6 Å². The number of carbonyl (C=O) groups is 2. The maximum Gasteiger partial charge on any atom is 0.274 e. The average Bonchev–Trinajstić information content (AvgIpc) is 3.48. The van der Waals surface area contributed by atoms with Gasteiger partial charge in [0.1, 0.15) is 11.5 Å². The van der Waals surface area contributed by atoms with Crippen molar-refractivity contribution in [2.45, 2.75) is 6.54 Å². The van der Waals surface area contributed by atoms with E-state index in [1.165, 1.54) is 10.9 Å². The highest BCUT2D eigenvalue weighted by Crippen LogP contribution is 2.21. The molecule has 0 fully saturated rings. The van der Waals surface area contributed by atoms with Crippen LogP contribution >= 0.6 is 11.6 Å². The van der Waals surface area contributed by atoms with Crippen LogP contribution in [-0.4, -0.2) is 31.8 Å². The van der Waals surface area contributed by atoms with Crippen LogP contribution in [0.4, 0.5) is 5.69 Å². The molecule has 4 aromatic rings. The molecule has 0 aliphatic rings. The molecule has 0 aliphatic carbocycles. The molecule has 0 radical (unpaired) electrons. The highest BCUT2D eigenvalue weighted by atomic mass is 35.5. The minimum Gasteiger partial charge on any atom is -0.467 e. The van der Waals surface area contributed by atoms with E-state index in [0.29, 0.717) is 16.5 Å². The summed E-state index contributed by atoms with van der Waals surface area (Å²) in [6.45, 7) is 0.209. The molecule has 1 aromatic carbocycles. The van der Waals surface area contributed by atoms with Crippen molar-refractivity contribution < 1.29 is 14.0 Å². The zero-order chi connectivity index (χ0) is 21.1. The lowest BCUT2D eigenvalue weighted by Gasteiger charge is -2.04. The first kappa shape index (κ1) is 19.5. The number of amides is 2. The molecule has 3 aromatic heterocycles. The maximum absolute atomic E-state index is 12.7. The molecule has 0 saturated carbocycles. The third kappa shape index (κ3) is 4.26. The fraction of sp³-hybridized carbons (Fsp3) is 0.100. The molecule has 0 unspecified atom stereocenters. The number of aryl methyl sites for hydroxylation is 1. The van der Waals surface area contributed by atoms with Crippen molar-refractivity contribution in [2.24, 2.45) is 7.05 Å². The molecule has 0 atom stereocenters. The summed E-state index contributed by atoms with van der Waals surface area (Å²) < 4.78 is 6.64. The SMILES string of the molecule is Cn1cc(NC(=O)c2cc(-c3ccc(Cl)cc3)n[nH]2)c(C(=O)NCc2ccco2)n1. The molecular weight excluding hydrogens is 408 g/mol. The first-order chi connectivity index (χ1) is 14.5. The molecule has 0 saturated heterocycles. The Kier molecular flexibility index (Phi) is 5.36. The molecule has 30 heavy (non-hydrogen) atoms. The van der Waals surface area contributed by atoms with Gasteiger partial charge >= 0.3 is 0 Å². The van der Waals surface area contributed by atoms with Gasteiger partial charge in [0.25, 0.3) is 11.8 Å². The molecule has 3 N–H and O–H groups in total. The van der Waals surface area contributed by atoms with E-state index in [1.54, 1.807) is 43.6 Å². The second-order valence-corrected chi connectivity index (χ2v) is 6.89. The Labute approximate surface area is 176 Å². The summed E-state index contributed by atoms with van der Waals surface area (Å²) >= 11 is 5.90. The van der Waals surface area contributed by atoms with Crippen LogP contribution in [-0.2, 0) is 13.6 Å². The summed E-state index contributed by atoms with van der Waals surface area (Å²) in [6, 6.07) is 12.2. The van der Waals surface area contributed by atoms with Crippen molar-refractivity contribution >= 4 is 29.1 Å². The van der Waals surface area contributed by atoms with Gasteiger partial charge in [0.15, 0.2) is 5.69 Å². The number of nitrogens with one attached hydrogen (secondary N) is 3. The van der Waals surface area contributed by atoms with Crippen LogP contribution in [0.3, 0.4) is 0 Å². The van der Waals surface area contributed by atoms with Crippen LogP contribution in [0, 0.1) is 0 Å². The monoisotopic (exact) mass is 424 g/mol. The predicted octanol–water partition coefficient (Wildman–Crippen LogP) is 3.24. The molecule has 2 amide bonds. The highest BCUT2D eigenvalue weighted by Gasteiger charge is 2.20. The van der Waals surface area contributed by atoms with Crippen molar-refractivity contribution in [3.05, 3.63) is 77.1 Å². The molecule has 0 aliphatic heterocycles. The van der Waals surface area contributed by atoms with Gasteiger partial charge in [-0.3, -0.25) is 19.4 Å². The van der Waals surface area contributed by atoms with Gasteiger partial charge in [-0.05, 0) is 30.3 Å². The number of furan rings is 1. The quantitative estimate of drug-likeness (QED) is 0.439. The van der Waals surface area contributed by atoms with E-state index in [9.17, 15) is 9.59 Å². The van der Waals surface area contributed by atoms with Crippen LogP contribution in [0.1, 0.15) is 26.7 Å². The summed E-state index contributed by atoms with van der Waals surface area (Å²) in [4.78, 5) is 25.2. The molecule has 9 nitrogen and oxygen atoms in total. The van der Waals surface area contributed by atoms with E-state index in [1.807, 2.05) is 12.1 Å². The topological polar surface area (TPSA) is 118 Å². The molecule has 152 valence electrons. The standard InChI is InChI=1S/C20H17ClN6O3/c1-27-11-17(18(26-27)20(29)22-10-14-3-2-8-30-14)23-19(28)16-9-15(24-25-16)12-4-6-13(21)7-5-12/h2-9,11H,10H2,1H3,(H,22,29)(H,23,28)(H,24,25). The normalized spacial score (nSPS) is 10.7. The van der Waals surface area contributed by atoms with E-state index in [-0.39, 0.29) is 23.6 Å². The average molecular weight is 425 g/mol. The maximum atomic E-state index is 12.7. The Morgan fingerprint density at radius 1 is 1.20 bits per heavy atom. The molecule has 0 bridgehead atoms. The smallest absolute Gasteiger partial charge is 0.274 e. The summed E-state index contributed by atoms with van der Waals surface area (Å²) in [5.41, 5.74) is 2.02. The minimum atomic E-state index is -0.448. The number of aromatic nitrogens is 4. The molecular formula is C20H17ClN6O3. The third-order valence-corrected chi connectivity index (χ3v) is 4.51. The Bertz CT molecular complexity index is 1180. The van der Waals surface area contributed by atoms with Gasteiger partial charge in [-0.1, -0.05) is 23.7 Å². The Morgan fingerprint density at radius 3 is 2.73 bits per heavy atom. The number of hydrogen-bond donors (Lipinski definition) is 3. The van der Waals surface area contributed by atoms with Crippen molar-refractivity contribution in [1.29, 1.82) is 0 Å². The largest absolute Gasteiger partial charge is 0.467 e. The number of hydrogen-bond acceptors (Lipinski definition) is 5. The number of H-pyrrole nitrogens is 1. The number of aromatic amines is 1. The fourth-order valence-corrected chi connectivity index (χ4v) is 2.93. The van der Waals surface area contributed by atoms with Gasteiger partial charge in [-0.15, -0.1) is 0 Å². The second-order valence-electron chi connectivity index (χ2n) is 6.45. The lowest BCUT2D eigenvalue weighted by Crippen LogP contribution is -2.25. The van der Waals surface area contributed by atoms with Crippen molar-refractivity contribution in [1.82, 2.24) is 25.3 Å². The lowest BCUT2D eigenvalue weighted by atomic mass is 10.1. The first-order valence-corrected chi connectivity index (χ1v) is 9.34. The van der Waals surface area contributed by atoms with Crippen LogP contribution in [0.2, 0.25) is 5.02 Å². The zero-order valence-corrected chi connectivity index (χ0v) is 16.6. The van der Waals surface area contributed by atoms with E-state index in [2.05, 4.69) is 25.9 Å². The van der Waals surface area contributed by atoms with Gasteiger partial charge in [0, 0.05) is 23.8 Å². The van der Waals surface area contributed by atoms with E-state index >= 15 is 0 Å². The van der Waals surface area contributed by atoms with Crippen LogP contribution in [0.25, 0.3) is 11.3 Å². The Balaban J connectivity index is 1.47. The van der Waals surface area contributed by atoms with E-state index in [4.69, 9.17) is 16.0 Å². The molecule has 4 rings (SSSR count). The molecule has 3 heterocycles. The summed E-state index contributed by atoms with van der Waals surface area (Å²) in [6.07, 6.45) is 3.08. The van der Waals surface area contributed by atoms with Gasteiger partial charge in [-0.2, -0.15) is 10.2 Å². The summed E-state index contributed by atoms with van der Waals surface area (Å²) in [5, 5.41) is 17.0. The molecule has 0 spiro atoms. The number of benzene rings is 1. The van der Waals surface area contributed by atoms with Gasteiger partial charge in [-0.25, -0.2) is 0 Å². The highest BCUT2D eigenvalue weighted by molar-refractivity contribution is 6.30. The molecule has 10 heteroatoms. The number of carbonyl (C=O) groups excluding carboxylic acids is 2. The van der Waals surface area contributed by atoms with Crippen LogP contribution in [0.15, 0.2) is 59.3 Å². The number of rotatable bonds is 6. The van der Waals surface area contributed by atoms with Crippen molar-refractivity contribution in [2.75, 3.05) is 5.32 Å². The Morgan fingerprint density at radius 2 is 2.00 bits per heavy atom. The number of anilines is 1. The Hall–Kier alpha value is -3.85.